The van der Waals surface area contributed by atoms with Gasteiger partial charge in [0.15, 0.2) is 0 Å². The molecule has 2 aromatic rings. The van der Waals surface area contributed by atoms with Gasteiger partial charge in [0, 0.05) is 15.0 Å². The van der Waals surface area contributed by atoms with E-state index in [4.69, 9.17) is 15.8 Å². The highest BCUT2D eigenvalue weighted by Crippen LogP contribution is 2.30. The Balaban J connectivity index is 2.74. The van der Waals surface area contributed by atoms with Gasteiger partial charge in [-0.05, 0) is 17.6 Å². The third-order valence-electron chi connectivity index (χ3n) is 2.00. The van der Waals surface area contributed by atoms with Crippen molar-refractivity contribution in [1.29, 1.82) is 0 Å². The van der Waals surface area contributed by atoms with Crippen LogP contribution in [0.25, 0.3) is 10.1 Å². The van der Waals surface area contributed by atoms with E-state index in [2.05, 4.69) is 12.6 Å². The standard InChI is InChI=1S/C8H8BNO2S2/c10-7-3-4-6(14-7)2-1-5(8(4)13)9(11)12/h1-3,11-13H,10H2. The van der Waals surface area contributed by atoms with Crippen LogP contribution in [0.2, 0.25) is 0 Å². The molecular weight excluding hydrogens is 217 g/mol. The van der Waals surface area contributed by atoms with Gasteiger partial charge in [-0.25, -0.2) is 0 Å². The van der Waals surface area contributed by atoms with Crippen molar-refractivity contribution in [2.45, 2.75) is 4.90 Å². The summed E-state index contributed by atoms with van der Waals surface area (Å²) in [4.78, 5) is 0.574. The molecule has 4 N–H and O–H groups in total. The van der Waals surface area contributed by atoms with Crippen LogP contribution in [-0.2, 0) is 0 Å². The molecule has 14 heavy (non-hydrogen) atoms. The van der Waals surface area contributed by atoms with E-state index in [0.717, 1.165) is 10.1 Å². The second-order valence-electron chi connectivity index (χ2n) is 2.94. The summed E-state index contributed by atoms with van der Waals surface area (Å²) in [5.74, 6) is 0. The Morgan fingerprint density at radius 1 is 1.36 bits per heavy atom. The highest BCUT2D eigenvalue weighted by molar-refractivity contribution is 7.80. The minimum Gasteiger partial charge on any atom is -0.423 e. The second-order valence-corrected chi connectivity index (χ2v) is 4.50. The largest absolute Gasteiger partial charge is 0.489 e. The molecule has 0 aliphatic carbocycles. The van der Waals surface area contributed by atoms with E-state index in [1.807, 2.05) is 6.07 Å². The molecule has 0 bridgehead atoms. The van der Waals surface area contributed by atoms with Crippen LogP contribution in [-0.4, -0.2) is 17.2 Å². The molecule has 0 amide bonds. The number of thiol groups is 1. The first kappa shape index (κ1) is 9.85. The molecule has 3 nitrogen and oxygen atoms in total. The highest BCUT2D eigenvalue weighted by atomic mass is 32.1. The lowest BCUT2D eigenvalue weighted by molar-refractivity contribution is 0.425. The van der Waals surface area contributed by atoms with E-state index >= 15 is 0 Å². The quantitative estimate of drug-likeness (QED) is 0.421. The molecule has 0 fully saturated rings. The smallest absolute Gasteiger partial charge is 0.423 e. The van der Waals surface area contributed by atoms with Gasteiger partial charge in [0.05, 0.1) is 5.00 Å². The van der Waals surface area contributed by atoms with Crippen molar-refractivity contribution >= 4 is 51.6 Å². The Kier molecular flexibility index (Phi) is 2.44. The van der Waals surface area contributed by atoms with Crippen molar-refractivity contribution in [2.75, 3.05) is 5.73 Å². The summed E-state index contributed by atoms with van der Waals surface area (Å²) in [5.41, 5.74) is 6.05. The highest BCUT2D eigenvalue weighted by Gasteiger charge is 2.16. The number of thiophene rings is 1. The summed E-state index contributed by atoms with van der Waals surface area (Å²) >= 11 is 5.70. The number of nitrogen functional groups attached to an aromatic ring is 1. The van der Waals surface area contributed by atoms with Crippen molar-refractivity contribution in [3.05, 3.63) is 18.2 Å². The van der Waals surface area contributed by atoms with Crippen LogP contribution in [0.5, 0.6) is 0 Å². The molecule has 1 heterocycles. The molecule has 0 unspecified atom stereocenters. The first-order valence-electron chi connectivity index (χ1n) is 3.96. The summed E-state index contributed by atoms with van der Waals surface area (Å²) in [6.45, 7) is 0. The SMILES string of the molecule is Nc1cc2c(S)c(B(O)O)ccc2s1. The van der Waals surface area contributed by atoms with Crippen molar-refractivity contribution in [3.63, 3.8) is 0 Å². The number of anilines is 1. The number of fused-ring (bicyclic) bond motifs is 1. The third kappa shape index (κ3) is 1.50. The van der Waals surface area contributed by atoms with E-state index < -0.39 is 7.12 Å². The molecule has 0 aliphatic heterocycles. The van der Waals surface area contributed by atoms with Crippen LogP contribution < -0.4 is 11.2 Å². The molecule has 0 aliphatic rings. The molecular formula is C8H8BNO2S2. The molecule has 72 valence electrons. The Morgan fingerprint density at radius 2 is 2.07 bits per heavy atom. The molecule has 2 rings (SSSR count). The van der Waals surface area contributed by atoms with Gasteiger partial charge in [-0.3, -0.25) is 0 Å². The molecule has 0 spiro atoms. The summed E-state index contributed by atoms with van der Waals surface area (Å²) < 4.78 is 0.997. The fourth-order valence-corrected chi connectivity index (χ4v) is 2.63. The Labute approximate surface area is 90.7 Å². The van der Waals surface area contributed by atoms with E-state index in [1.54, 1.807) is 12.1 Å². The molecule has 0 atom stereocenters. The van der Waals surface area contributed by atoms with Gasteiger partial charge >= 0.3 is 7.12 Å². The topological polar surface area (TPSA) is 66.5 Å². The van der Waals surface area contributed by atoms with Gasteiger partial charge < -0.3 is 15.8 Å². The number of rotatable bonds is 1. The average Bonchev–Trinajstić information content (AvgIpc) is 2.46. The first-order chi connectivity index (χ1) is 6.59. The molecule has 6 heteroatoms. The normalized spacial score (nSPS) is 10.8. The van der Waals surface area contributed by atoms with Gasteiger partial charge in [0.1, 0.15) is 0 Å². The summed E-state index contributed by atoms with van der Waals surface area (Å²) in [6, 6.07) is 5.24. The van der Waals surface area contributed by atoms with E-state index in [-0.39, 0.29) is 0 Å². The summed E-state index contributed by atoms with van der Waals surface area (Å²) in [7, 11) is -1.49. The van der Waals surface area contributed by atoms with Gasteiger partial charge in [0.25, 0.3) is 0 Å². The summed E-state index contributed by atoms with van der Waals surface area (Å²) in [6.07, 6.45) is 0. The van der Waals surface area contributed by atoms with Gasteiger partial charge in [0.2, 0.25) is 0 Å². The zero-order chi connectivity index (χ0) is 10.3. The van der Waals surface area contributed by atoms with Gasteiger partial charge in [-0.2, -0.15) is 0 Å². The maximum absolute atomic E-state index is 9.05. The first-order valence-corrected chi connectivity index (χ1v) is 5.23. The Bertz CT molecular complexity index is 483. The summed E-state index contributed by atoms with van der Waals surface area (Å²) in [5, 5.41) is 19.7. The van der Waals surface area contributed by atoms with E-state index in [0.29, 0.717) is 15.4 Å². The number of hydrogen-bond donors (Lipinski definition) is 4. The van der Waals surface area contributed by atoms with Crippen molar-refractivity contribution in [3.8, 4) is 0 Å². The predicted octanol–water partition coefficient (Wildman–Crippen LogP) is 0.452. The number of nitrogens with two attached hydrogens (primary N) is 1. The third-order valence-corrected chi connectivity index (χ3v) is 3.43. The lowest BCUT2D eigenvalue weighted by Crippen LogP contribution is -2.30. The van der Waals surface area contributed by atoms with Crippen LogP contribution in [0.1, 0.15) is 0 Å². The van der Waals surface area contributed by atoms with Crippen LogP contribution in [0.3, 0.4) is 0 Å². The number of benzene rings is 1. The number of hydrogen-bond acceptors (Lipinski definition) is 5. The molecule has 1 aromatic heterocycles. The molecule has 0 radical (unpaired) electrons. The maximum Gasteiger partial charge on any atom is 0.489 e. The molecule has 0 saturated carbocycles. The fraction of sp³-hybridized carbons (Fsp3) is 0. The van der Waals surface area contributed by atoms with Crippen LogP contribution in [0, 0.1) is 0 Å². The van der Waals surface area contributed by atoms with Crippen molar-refractivity contribution in [1.82, 2.24) is 0 Å². The lowest BCUT2D eigenvalue weighted by atomic mass is 9.80. The van der Waals surface area contributed by atoms with Gasteiger partial charge in [-0.15, -0.1) is 24.0 Å². The Hall–Kier alpha value is -0.685. The van der Waals surface area contributed by atoms with Crippen LogP contribution in [0.15, 0.2) is 23.1 Å². The minimum atomic E-state index is -1.49. The zero-order valence-corrected chi connectivity index (χ0v) is 8.85. The Morgan fingerprint density at radius 3 is 2.71 bits per heavy atom. The predicted molar refractivity (Wildman–Crippen MR) is 63.3 cm³/mol. The van der Waals surface area contributed by atoms with E-state index in [9.17, 15) is 0 Å². The minimum absolute atomic E-state index is 0.402. The molecule has 0 saturated heterocycles. The average molecular weight is 225 g/mol. The monoisotopic (exact) mass is 225 g/mol. The van der Waals surface area contributed by atoms with Crippen molar-refractivity contribution < 1.29 is 10.0 Å². The van der Waals surface area contributed by atoms with Crippen LogP contribution >= 0.6 is 24.0 Å². The van der Waals surface area contributed by atoms with E-state index in [1.165, 1.54) is 11.3 Å². The second kappa shape index (κ2) is 3.47. The zero-order valence-electron chi connectivity index (χ0n) is 7.14. The molecule has 1 aromatic carbocycles. The lowest BCUT2D eigenvalue weighted by Gasteiger charge is -2.03. The van der Waals surface area contributed by atoms with Gasteiger partial charge in [-0.1, -0.05) is 6.07 Å². The van der Waals surface area contributed by atoms with Crippen LogP contribution in [0.4, 0.5) is 5.00 Å². The van der Waals surface area contributed by atoms with Crippen molar-refractivity contribution in [2.24, 2.45) is 0 Å². The maximum atomic E-state index is 9.05. The fourth-order valence-electron chi connectivity index (χ4n) is 1.34.